The zero-order chi connectivity index (χ0) is 14.5. The lowest BCUT2D eigenvalue weighted by molar-refractivity contribution is 0.102. The maximum absolute atomic E-state index is 12.4. The Morgan fingerprint density at radius 3 is 2.60 bits per heavy atom. The van der Waals surface area contributed by atoms with Crippen LogP contribution in [0.3, 0.4) is 0 Å². The van der Waals surface area contributed by atoms with Gasteiger partial charge in [-0.1, -0.05) is 35.9 Å². The highest BCUT2D eigenvalue weighted by Gasteiger charge is 2.13. The van der Waals surface area contributed by atoms with Crippen LogP contribution in [0, 0.1) is 6.92 Å². The number of halogens is 1. The van der Waals surface area contributed by atoms with Crippen molar-refractivity contribution >= 4 is 28.9 Å². The lowest BCUT2D eigenvalue weighted by atomic mass is 10.1. The van der Waals surface area contributed by atoms with Crippen molar-refractivity contribution in [2.75, 3.05) is 17.2 Å². The van der Waals surface area contributed by atoms with Gasteiger partial charge in [0.1, 0.15) is 0 Å². The second-order valence-corrected chi connectivity index (χ2v) is 4.87. The fraction of sp³-hybridized carbons (Fsp3) is 0.188. The second kappa shape index (κ2) is 6.44. The largest absolute Gasteiger partial charge is 0.385 e. The Bertz CT molecular complexity index is 605. The standard InChI is InChI=1S/C16H17ClN2O/c1-3-18-14-10-5-4-8-12(14)16(20)19-15-11(2)7-6-9-13(15)17/h4-10,18H,3H2,1-2H3,(H,19,20). The van der Waals surface area contributed by atoms with E-state index in [1.807, 2.05) is 44.2 Å². The summed E-state index contributed by atoms with van der Waals surface area (Å²) in [5.74, 6) is -0.169. The van der Waals surface area contributed by atoms with Gasteiger partial charge in [0.15, 0.2) is 0 Å². The number of nitrogens with one attached hydrogen (secondary N) is 2. The van der Waals surface area contributed by atoms with Crippen LogP contribution in [0.4, 0.5) is 11.4 Å². The van der Waals surface area contributed by atoms with Gasteiger partial charge in [-0.15, -0.1) is 0 Å². The summed E-state index contributed by atoms with van der Waals surface area (Å²) in [4.78, 5) is 12.4. The van der Waals surface area contributed by atoms with Crippen molar-refractivity contribution in [3.8, 4) is 0 Å². The number of hydrogen-bond donors (Lipinski definition) is 2. The van der Waals surface area contributed by atoms with Crippen LogP contribution >= 0.6 is 11.6 Å². The van der Waals surface area contributed by atoms with Crippen molar-refractivity contribution < 1.29 is 4.79 Å². The zero-order valence-corrected chi connectivity index (χ0v) is 12.3. The monoisotopic (exact) mass is 288 g/mol. The Hall–Kier alpha value is -2.00. The highest BCUT2D eigenvalue weighted by molar-refractivity contribution is 6.34. The Morgan fingerprint density at radius 2 is 1.90 bits per heavy atom. The number of hydrogen-bond acceptors (Lipinski definition) is 2. The molecule has 4 heteroatoms. The summed E-state index contributed by atoms with van der Waals surface area (Å²) in [6, 6.07) is 13.0. The van der Waals surface area contributed by atoms with Gasteiger partial charge < -0.3 is 10.6 Å². The second-order valence-electron chi connectivity index (χ2n) is 4.46. The van der Waals surface area contributed by atoms with E-state index in [0.29, 0.717) is 16.3 Å². The third-order valence-electron chi connectivity index (χ3n) is 3.00. The minimum absolute atomic E-state index is 0.169. The van der Waals surface area contributed by atoms with Crippen LogP contribution in [-0.2, 0) is 0 Å². The van der Waals surface area contributed by atoms with Crippen LogP contribution in [0.15, 0.2) is 42.5 Å². The van der Waals surface area contributed by atoms with Gasteiger partial charge in [-0.25, -0.2) is 0 Å². The van der Waals surface area contributed by atoms with Crippen molar-refractivity contribution in [3.63, 3.8) is 0 Å². The molecule has 20 heavy (non-hydrogen) atoms. The number of para-hydroxylation sites is 2. The van der Waals surface area contributed by atoms with Gasteiger partial charge in [0.25, 0.3) is 5.91 Å². The molecule has 0 fully saturated rings. The molecular weight excluding hydrogens is 272 g/mol. The zero-order valence-electron chi connectivity index (χ0n) is 11.5. The van der Waals surface area contributed by atoms with E-state index in [0.717, 1.165) is 17.8 Å². The van der Waals surface area contributed by atoms with Crippen molar-refractivity contribution in [2.24, 2.45) is 0 Å². The topological polar surface area (TPSA) is 41.1 Å². The maximum atomic E-state index is 12.4. The molecule has 0 aliphatic carbocycles. The van der Waals surface area contributed by atoms with Crippen LogP contribution in [0.5, 0.6) is 0 Å². The summed E-state index contributed by atoms with van der Waals surface area (Å²) in [7, 11) is 0. The van der Waals surface area contributed by atoms with Gasteiger partial charge in [-0.2, -0.15) is 0 Å². The van der Waals surface area contributed by atoms with E-state index in [1.54, 1.807) is 12.1 Å². The first kappa shape index (κ1) is 14.4. The molecule has 0 unspecified atom stereocenters. The van der Waals surface area contributed by atoms with Gasteiger partial charge in [0.05, 0.1) is 16.3 Å². The Kier molecular flexibility index (Phi) is 4.64. The number of carbonyl (C=O) groups excluding carboxylic acids is 1. The average molecular weight is 289 g/mol. The van der Waals surface area contributed by atoms with Gasteiger partial charge in [-0.3, -0.25) is 4.79 Å². The molecule has 0 saturated heterocycles. The molecule has 0 aliphatic heterocycles. The quantitative estimate of drug-likeness (QED) is 0.879. The minimum atomic E-state index is -0.169. The lowest BCUT2D eigenvalue weighted by Gasteiger charge is -2.13. The molecular formula is C16H17ClN2O. The highest BCUT2D eigenvalue weighted by atomic mass is 35.5. The van der Waals surface area contributed by atoms with E-state index < -0.39 is 0 Å². The molecule has 0 atom stereocenters. The number of anilines is 2. The lowest BCUT2D eigenvalue weighted by Crippen LogP contribution is -2.15. The van der Waals surface area contributed by atoms with Gasteiger partial charge in [0.2, 0.25) is 0 Å². The van der Waals surface area contributed by atoms with E-state index in [-0.39, 0.29) is 5.91 Å². The molecule has 1 amide bonds. The molecule has 0 spiro atoms. The predicted octanol–water partition coefficient (Wildman–Crippen LogP) is 4.33. The van der Waals surface area contributed by atoms with Crippen LogP contribution in [-0.4, -0.2) is 12.5 Å². The molecule has 104 valence electrons. The minimum Gasteiger partial charge on any atom is -0.385 e. The fourth-order valence-corrected chi connectivity index (χ4v) is 2.27. The van der Waals surface area contributed by atoms with E-state index in [9.17, 15) is 4.79 Å². The van der Waals surface area contributed by atoms with Gasteiger partial charge in [-0.05, 0) is 37.6 Å². The maximum Gasteiger partial charge on any atom is 0.257 e. The van der Waals surface area contributed by atoms with E-state index in [1.165, 1.54) is 0 Å². The summed E-state index contributed by atoms with van der Waals surface area (Å²) in [5.41, 5.74) is 3.02. The van der Waals surface area contributed by atoms with Crippen LogP contribution in [0.25, 0.3) is 0 Å². The SMILES string of the molecule is CCNc1ccccc1C(=O)Nc1c(C)cccc1Cl. The first-order valence-electron chi connectivity index (χ1n) is 6.53. The summed E-state index contributed by atoms with van der Waals surface area (Å²) >= 11 is 6.13. The van der Waals surface area contributed by atoms with Crippen molar-refractivity contribution in [1.29, 1.82) is 0 Å². The van der Waals surface area contributed by atoms with E-state index >= 15 is 0 Å². The molecule has 0 aliphatic rings. The van der Waals surface area contributed by atoms with Gasteiger partial charge in [0, 0.05) is 12.2 Å². The first-order valence-corrected chi connectivity index (χ1v) is 6.90. The summed E-state index contributed by atoms with van der Waals surface area (Å²) < 4.78 is 0. The number of rotatable bonds is 4. The van der Waals surface area contributed by atoms with Gasteiger partial charge >= 0.3 is 0 Å². The molecule has 2 N–H and O–H groups in total. The van der Waals surface area contributed by atoms with Crippen molar-refractivity contribution in [1.82, 2.24) is 0 Å². The molecule has 3 nitrogen and oxygen atoms in total. The molecule has 0 saturated carbocycles. The molecule has 0 bridgehead atoms. The van der Waals surface area contributed by atoms with Crippen LogP contribution in [0.1, 0.15) is 22.8 Å². The molecule has 2 rings (SSSR count). The Morgan fingerprint density at radius 1 is 1.15 bits per heavy atom. The first-order chi connectivity index (χ1) is 9.63. The third-order valence-corrected chi connectivity index (χ3v) is 3.31. The normalized spacial score (nSPS) is 10.2. The Balaban J connectivity index is 2.29. The number of amides is 1. The third kappa shape index (κ3) is 3.11. The van der Waals surface area contributed by atoms with Crippen molar-refractivity contribution in [2.45, 2.75) is 13.8 Å². The molecule has 2 aromatic rings. The molecule has 0 heterocycles. The smallest absolute Gasteiger partial charge is 0.257 e. The molecule has 2 aromatic carbocycles. The molecule has 0 radical (unpaired) electrons. The van der Waals surface area contributed by atoms with Crippen molar-refractivity contribution in [3.05, 3.63) is 58.6 Å². The number of carbonyl (C=O) groups is 1. The molecule has 0 aromatic heterocycles. The number of aryl methyl sites for hydroxylation is 1. The highest BCUT2D eigenvalue weighted by Crippen LogP contribution is 2.26. The summed E-state index contributed by atoms with van der Waals surface area (Å²) in [6.07, 6.45) is 0. The van der Waals surface area contributed by atoms with Crippen LogP contribution < -0.4 is 10.6 Å². The summed E-state index contributed by atoms with van der Waals surface area (Å²) in [6.45, 7) is 4.67. The number of benzene rings is 2. The average Bonchev–Trinajstić information content (AvgIpc) is 2.44. The Labute approximate surface area is 124 Å². The van der Waals surface area contributed by atoms with E-state index in [2.05, 4.69) is 10.6 Å². The van der Waals surface area contributed by atoms with E-state index in [4.69, 9.17) is 11.6 Å². The summed E-state index contributed by atoms with van der Waals surface area (Å²) in [5, 5.41) is 6.60. The fourth-order valence-electron chi connectivity index (χ4n) is 2.00. The van der Waals surface area contributed by atoms with Crippen LogP contribution in [0.2, 0.25) is 5.02 Å². The predicted molar refractivity (Wildman–Crippen MR) is 84.7 cm³/mol.